The van der Waals surface area contributed by atoms with Crippen molar-refractivity contribution in [3.8, 4) is 5.75 Å². The summed E-state index contributed by atoms with van der Waals surface area (Å²) in [6, 6.07) is 12.2. The highest BCUT2D eigenvalue weighted by Crippen LogP contribution is 2.33. The van der Waals surface area contributed by atoms with Gasteiger partial charge in [-0.05, 0) is 35.2 Å². The summed E-state index contributed by atoms with van der Waals surface area (Å²) in [7, 11) is -0.801. The van der Waals surface area contributed by atoms with Gasteiger partial charge in [-0.15, -0.1) is 0 Å². The molecule has 0 bridgehead atoms. The van der Waals surface area contributed by atoms with Crippen LogP contribution in [0.3, 0.4) is 0 Å². The molecule has 2 aromatic carbocycles. The lowest BCUT2D eigenvalue weighted by atomic mass is 9.87. The van der Waals surface area contributed by atoms with Crippen LogP contribution < -0.4 is 15.4 Å². The van der Waals surface area contributed by atoms with E-state index in [1.54, 1.807) is 24.3 Å². The molecule has 1 amide bonds. The highest BCUT2D eigenvalue weighted by molar-refractivity contribution is 7.89. The van der Waals surface area contributed by atoms with Crippen LogP contribution in [0.5, 0.6) is 5.75 Å². The number of carbonyl (C=O) groups excluding carboxylic acids is 1. The lowest BCUT2D eigenvalue weighted by Gasteiger charge is -2.30. The summed E-state index contributed by atoms with van der Waals surface area (Å²) in [6.45, 7) is 6.22. The maximum Gasteiger partial charge on any atom is 0.267 e. The lowest BCUT2D eigenvalue weighted by molar-refractivity contribution is -0.112. The number of carbonyl (C=O) groups is 1. The van der Waals surface area contributed by atoms with Crippen LogP contribution in [0.25, 0.3) is 0 Å². The Kier molecular flexibility index (Phi) is 5.32. The van der Waals surface area contributed by atoms with E-state index >= 15 is 0 Å². The van der Waals surface area contributed by atoms with Crippen molar-refractivity contribution < 1.29 is 17.9 Å². The molecule has 2 aromatic rings. The van der Waals surface area contributed by atoms with E-state index in [2.05, 4.69) is 31.4 Å². The molecule has 0 atom stereocenters. The van der Waals surface area contributed by atoms with Crippen LogP contribution in [0.1, 0.15) is 26.3 Å². The van der Waals surface area contributed by atoms with Crippen molar-refractivity contribution in [2.45, 2.75) is 31.1 Å². The molecule has 0 radical (unpaired) electrons. The van der Waals surface area contributed by atoms with Crippen molar-refractivity contribution >= 4 is 27.3 Å². The molecule has 8 heteroatoms. The van der Waals surface area contributed by atoms with E-state index in [-0.39, 0.29) is 16.1 Å². The van der Waals surface area contributed by atoms with E-state index < -0.39 is 15.9 Å². The Hall–Kier alpha value is -3.00. The minimum Gasteiger partial charge on any atom is -0.495 e. The quantitative estimate of drug-likeness (QED) is 0.749. The summed E-state index contributed by atoms with van der Waals surface area (Å²) in [5.74, 6) is 0.207. The van der Waals surface area contributed by atoms with Crippen LogP contribution in [0.4, 0.5) is 11.4 Å². The van der Waals surface area contributed by atoms with E-state index in [0.29, 0.717) is 17.1 Å². The van der Waals surface area contributed by atoms with Gasteiger partial charge in [0, 0.05) is 13.1 Å². The Labute approximate surface area is 171 Å². The van der Waals surface area contributed by atoms with Gasteiger partial charge in [-0.1, -0.05) is 39.0 Å². The second kappa shape index (κ2) is 7.44. The molecule has 0 aromatic heterocycles. The smallest absolute Gasteiger partial charge is 0.267 e. The highest BCUT2D eigenvalue weighted by Gasteiger charge is 2.31. The minimum atomic E-state index is -3.73. The average Bonchev–Trinajstić information content (AvgIpc) is 2.65. The largest absolute Gasteiger partial charge is 0.495 e. The fraction of sp³-hybridized carbons (Fsp3) is 0.286. The van der Waals surface area contributed by atoms with Crippen LogP contribution >= 0.6 is 0 Å². The van der Waals surface area contributed by atoms with Crippen LogP contribution in [-0.2, 0) is 20.2 Å². The number of ether oxygens (including phenoxy) is 1. The second-order valence-corrected chi connectivity index (χ2v) is 9.72. The first-order valence-electron chi connectivity index (χ1n) is 9.10. The minimum absolute atomic E-state index is 0.104. The zero-order chi connectivity index (χ0) is 21.4. The van der Waals surface area contributed by atoms with Gasteiger partial charge in [0.1, 0.15) is 16.5 Å². The van der Waals surface area contributed by atoms with E-state index in [9.17, 15) is 13.2 Å². The number of hydrogen-bond donors (Lipinski definition) is 2. The Morgan fingerprint density at radius 2 is 1.86 bits per heavy atom. The first kappa shape index (κ1) is 20.7. The summed E-state index contributed by atoms with van der Waals surface area (Å²) in [6.07, 6.45) is 1.22. The normalized spacial score (nSPS) is 16.7. The number of nitrogens with one attached hydrogen (secondary N) is 2. The molecule has 1 heterocycles. The van der Waals surface area contributed by atoms with E-state index in [0.717, 1.165) is 9.87 Å². The molecule has 2 N–H and O–H groups in total. The number of amides is 1. The zero-order valence-corrected chi connectivity index (χ0v) is 17.9. The third-order valence-corrected chi connectivity index (χ3v) is 6.55. The molecule has 0 saturated heterocycles. The van der Waals surface area contributed by atoms with Crippen molar-refractivity contribution in [3.63, 3.8) is 0 Å². The van der Waals surface area contributed by atoms with Gasteiger partial charge >= 0.3 is 0 Å². The molecule has 0 fully saturated rings. The number of sulfonamides is 1. The fourth-order valence-corrected chi connectivity index (χ4v) is 4.28. The molecular formula is C21H25N3O4S. The summed E-state index contributed by atoms with van der Waals surface area (Å²) in [5.41, 5.74) is 1.87. The fourth-order valence-electron chi connectivity index (χ4n) is 2.98. The van der Waals surface area contributed by atoms with Crippen LogP contribution in [0.2, 0.25) is 0 Å². The van der Waals surface area contributed by atoms with Crippen LogP contribution in [0, 0.1) is 0 Å². The van der Waals surface area contributed by atoms with Gasteiger partial charge in [0.15, 0.2) is 0 Å². The Morgan fingerprint density at radius 1 is 1.17 bits per heavy atom. The third-order valence-electron chi connectivity index (χ3n) is 4.72. The number of nitrogens with zero attached hydrogens (tertiary/aromatic N) is 1. The predicted octanol–water partition coefficient (Wildman–Crippen LogP) is 3.52. The van der Waals surface area contributed by atoms with Crippen molar-refractivity contribution in [2.24, 2.45) is 0 Å². The van der Waals surface area contributed by atoms with Gasteiger partial charge in [0.05, 0.1) is 18.5 Å². The molecule has 154 valence electrons. The highest BCUT2D eigenvalue weighted by atomic mass is 32.2. The van der Waals surface area contributed by atoms with Gasteiger partial charge in [-0.25, -0.2) is 8.42 Å². The van der Waals surface area contributed by atoms with Crippen molar-refractivity contribution in [1.82, 2.24) is 4.31 Å². The summed E-state index contributed by atoms with van der Waals surface area (Å²) in [5, 5.41) is 5.79. The molecule has 1 aliphatic rings. The van der Waals surface area contributed by atoms with Gasteiger partial charge in [-0.2, -0.15) is 0 Å². The number of hydrogen-bond acceptors (Lipinski definition) is 5. The number of methoxy groups -OCH3 is 1. The van der Waals surface area contributed by atoms with Crippen molar-refractivity contribution in [2.75, 3.05) is 24.8 Å². The van der Waals surface area contributed by atoms with Crippen molar-refractivity contribution in [1.29, 1.82) is 0 Å². The molecule has 7 nitrogen and oxygen atoms in total. The lowest BCUT2D eigenvalue weighted by Crippen LogP contribution is -2.35. The predicted molar refractivity (Wildman–Crippen MR) is 113 cm³/mol. The molecule has 0 aliphatic carbocycles. The van der Waals surface area contributed by atoms with E-state index in [1.807, 2.05) is 12.1 Å². The van der Waals surface area contributed by atoms with Crippen LogP contribution in [0.15, 0.2) is 59.3 Å². The molecule has 0 unspecified atom stereocenters. The number of benzene rings is 2. The molecular weight excluding hydrogens is 390 g/mol. The maximum atomic E-state index is 12.7. The second-order valence-electron chi connectivity index (χ2n) is 7.78. The molecule has 0 saturated carbocycles. The van der Waals surface area contributed by atoms with Crippen LogP contribution in [-0.4, -0.2) is 32.8 Å². The zero-order valence-electron chi connectivity index (χ0n) is 17.1. The van der Waals surface area contributed by atoms with E-state index in [1.165, 1.54) is 26.3 Å². The number of anilines is 2. The maximum absolute atomic E-state index is 12.7. The van der Waals surface area contributed by atoms with Gasteiger partial charge in [0.25, 0.3) is 15.9 Å². The van der Waals surface area contributed by atoms with Gasteiger partial charge < -0.3 is 15.4 Å². The summed E-state index contributed by atoms with van der Waals surface area (Å²) in [4.78, 5) is 12.8. The molecule has 0 spiro atoms. The van der Waals surface area contributed by atoms with E-state index in [4.69, 9.17) is 4.74 Å². The topological polar surface area (TPSA) is 87.7 Å². The first-order valence-corrected chi connectivity index (χ1v) is 10.5. The first-order chi connectivity index (χ1) is 13.5. The summed E-state index contributed by atoms with van der Waals surface area (Å²) < 4.78 is 31.8. The van der Waals surface area contributed by atoms with Crippen molar-refractivity contribution in [3.05, 3.63) is 59.9 Å². The Bertz CT molecular complexity index is 1090. The average molecular weight is 416 g/mol. The number of fused-ring (bicyclic) bond motifs is 1. The molecule has 29 heavy (non-hydrogen) atoms. The number of rotatable bonds is 3. The van der Waals surface area contributed by atoms with Gasteiger partial charge in [0.2, 0.25) is 0 Å². The Balaban J connectivity index is 1.92. The monoisotopic (exact) mass is 415 g/mol. The number of para-hydroxylation sites is 1. The molecule has 1 aliphatic heterocycles. The summed E-state index contributed by atoms with van der Waals surface area (Å²) >= 11 is 0. The third kappa shape index (κ3) is 4.07. The SMILES string of the molecule is COc1ccc(C(C)(C)C)cc1NC(=O)/C=C1/Nc2ccccc2S(=O)(=O)N1C. The molecule has 3 rings (SSSR count). The standard InChI is InChI=1S/C21H25N3O4S/c1-21(2,3)14-10-11-17(28-5)16(12-14)23-20(25)13-19-22-15-8-6-7-9-18(15)29(26,27)24(19)4/h6-13,22H,1-5H3,(H,23,25)/b19-13-. The van der Waals surface area contributed by atoms with Gasteiger partial charge in [-0.3, -0.25) is 9.10 Å². The Morgan fingerprint density at radius 3 is 2.52 bits per heavy atom.